The number of ether oxygens (including phenoxy) is 1. The molecule has 0 fully saturated rings. The van der Waals surface area contributed by atoms with Crippen molar-refractivity contribution in [3.05, 3.63) is 65.0 Å². The number of carbonyl (C=O) groups excluding carboxylic acids is 1. The number of benzene rings is 2. The van der Waals surface area contributed by atoms with E-state index in [2.05, 4.69) is 10.6 Å². The lowest BCUT2D eigenvalue weighted by molar-refractivity contribution is 0.0600. The topological polar surface area (TPSA) is 50.4 Å². The number of esters is 1. The Kier molecular flexibility index (Phi) is 5.87. The molecule has 0 aromatic heterocycles. The lowest BCUT2D eigenvalue weighted by Gasteiger charge is -2.19. The average molecular weight is 346 g/mol. The minimum absolute atomic E-state index is 0.0882. The molecule has 4 nitrogen and oxygen atoms in total. The molecule has 0 unspecified atom stereocenters. The first-order valence-corrected chi connectivity index (χ1v) is 7.84. The molecule has 0 spiro atoms. The summed E-state index contributed by atoms with van der Waals surface area (Å²) in [7, 11) is 1.35. The molecular weight excluding hydrogens is 327 g/mol. The summed E-state index contributed by atoms with van der Waals surface area (Å²) in [5, 5.41) is 6.63. The van der Waals surface area contributed by atoms with E-state index in [1.807, 2.05) is 19.9 Å². The maximum atomic E-state index is 13.0. The monoisotopic (exact) mass is 346 g/mol. The summed E-state index contributed by atoms with van der Waals surface area (Å²) in [5.74, 6) is -0.670. The zero-order chi connectivity index (χ0) is 17.7. The van der Waals surface area contributed by atoms with Gasteiger partial charge < -0.3 is 15.4 Å². The lowest BCUT2D eigenvalue weighted by atomic mass is 10.1. The molecule has 0 saturated heterocycles. The van der Waals surface area contributed by atoms with Crippen LogP contribution in [-0.2, 0) is 4.74 Å². The van der Waals surface area contributed by atoms with Crippen LogP contribution in [-0.4, -0.2) is 18.2 Å². The third-order valence-electron chi connectivity index (χ3n) is 3.70. The van der Waals surface area contributed by atoms with Gasteiger partial charge in [0.25, 0.3) is 0 Å². The highest BCUT2D eigenvalue weighted by Gasteiger charge is 2.13. The fourth-order valence-corrected chi connectivity index (χ4v) is 2.58. The average Bonchev–Trinajstić information content (AvgIpc) is 2.56. The van der Waals surface area contributed by atoms with Crippen LogP contribution in [0.4, 0.5) is 10.1 Å². The van der Waals surface area contributed by atoms with Gasteiger partial charge in [-0.25, -0.2) is 9.18 Å². The van der Waals surface area contributed by atoms with Gasteiger partial charge in [0.1, 0.15) is 5.82 Å². The van der Waals surface area contributed by atoms with E-state index < -0.39 is 5.97 Å². The van der Waals surface area contributed by atoms with E-state index in [9.17, 15) is 9.18 Å². The van der Waals surface area contributed by atoms with Crippen molar-refractivity contribution in [2.24, 2.45) is 0 Å². The van der Waals surface area contributed by atoms with Gasteiger partial charge in [-0.05, 0) is 61.5 Å². The van der Waals surface area contributed by atoms with E-state index >= 15 is 0 Å². The number of methoxy groups -OCH3 is 1. The number of nitrogens with one attached hydrogen (secondary N) is 2. The van der Waals surface area contributed by atoms with Gasteiger partial charge in [0, 0.05) is 5.69 Å². The molecule has 0 aliphatic heterocycles. The maximum Gasteiger partial charge on any atom is 0.338 e. The number of hydrogen-bond donors (Lipinski definition) is 2. The summed E-state index contributed by atoms with van der Waals surface area (Å²) in [6.07, 6.45) is 0. The van der Waals surface area contributed by atoms with Crippen LogP contribution in [0.2, 0.25) is 0 Å². The second-order valence-corrected chi connectivity index (χ2v) is 5.75. The molecule has 0 heterocycles. The zero-order valence-corrected chi connectivity index (χ0v) is 14.5. The standard InChI is InChI=1S/C18H19FN2O2S/c1-11-15(17(22)23-3)5-4-6-16(11)21-18(24)20-12(2)13-7-9-14(19)10-8-13/h4-10,12H,1-3H3,(H2,20,21,24)/t12-/m1/s1. The summed E-state index contributed by atoms with van der Waals surface area (Å²) < 4.78 is 17.7. The quantitative estimate of drug-likeness (QED) is 0.648. The van der Waals surface area contributed by atoms with Gasteiger partial charge in [0.2, 0.25) is 0 Å². The molecule has 0 amide bonds. The van der Waals surface area contributed by atoms with Crippen molar-refractivity contribution in [2.45, 2.75) is 19.9 Å². The van der Waals surface area contributed by atoms with Crippen molar-refractivity contribution in [1.82, 2.24) is 5.32 Å². The summed E-state index contributed by atoms with van der Waals surface area (Å²) in [5.41, 5.74) is 2.88. The number of rotatable bonds is 4. The largest absolute Gasteiger partial charge is 0.465 e. The third-order valence-corrected chi connectivity index (χ3v) is 3.92. The van der Waals surface area contributed by atoms with Crippen LogP contribution in [0.25, 0.3) is 0 Å². The highest BCUT2D eigenvalue weighted by Crippen LogP contribution is 2.20. The van der Waals surface area contributed by atoms with Gasteiger partial charge in [0.15, 0.2) is 5.11 Å². The zero-order valence-electron chi connectivity index (χ0n) is 13.7. The van der Waals surface area contributed by atoms with Gasteiger partial charge in [-0.3, -0.25) is 0 Å². The molecule has 24 heavy (non-hydrogen) atoms. The van der Waals surface area contributed by atoms with E-state index in [1.165, 1.54) is 19.2 Å². The lowest BCUT2D eigenvalue weighted by Crippen LogP contribution is -2.31. The molecule has 0 aliphatic rings. The Morgan fingerprint density at radius 1 is 1.21 bits per heavy atom. The normalized spacial score (nSPS) is 11.5. The Bertz CT molecular complexity index is 747. The summed E-state index contributed by atoms with van der Waals surface area (Å²) in [6, 6.07) is 11.4. The second kappa shape index (κ2) is 7.88. The van der Waals surface area contributed by atoms with Crippen molar-refractivity contribution < 1.29 is 13.9 Å². The summed E-state index contributed by atoms with van der Waals surface area (Å²) >= 11 is 5.32. The van der Waals surface area contributed by atoms with Crippen molar-refractivity contribution >= 4 is 29.0 Å². The van der Waals surface area contributed by atoms with Gasteiger partial charge >= 0.3 is 5.97 Å². The first-order valence-electron chi connectivity index (χ1n) is 7.43. The minimum Gasteiger partial charge on any atom is -0.465 e. The van der Waals surface area contributed by atoms with E-state index in [-0.39, 0.29) is 11.9 Å². The Morgan fingerprint density at radius 2 is 1.88 bits per heavy atom. The van der Waals surface area contributed by atoms with Crippen molar-refractivity contribution in [1.29, 1.82) is 0 Å². The minimum atomic E-state index is -0.394. The van der Waals surface area contributed by atoms with E-state index in [4.69, 9.17) is 17.0 Å². The Labute approximate surface area is 146 Å². The molecule has 1 atom stereocenters. The highest BCUT2D eigenvalue weighted by atomic mass is 32.1. The van der Waals surface area contributed by atoms with Gasteiger partial charge in [-0.15, -0.1) is 0 Å². The van der Waals surface area contributed by atoms with E-state index in [0.29, 0.717) is 10.7 Å². The molecular formula is C18H19FN2O2S. The van der Waals surface area contributed by atoms with Gasteiger partial charge in [-0.1, -0.05) is 18.2 Å². The van der Waals surface area contributed by atoms with Crippen LogP contribution in [0.15, 0.2) is 42.5 Å². The van der Waals surface area contributed by atoms with Crippen LogP contribution in [0, 0.1) is 12.7 Å². The molecule has 2 rings (SSSR count). The molecule has 2 N–H and O–H groups in total. The number of carbonyl (C=O) groups is 1. The van der Waals surface area contributed by atoms with Crippen molar-refractivity contribution in [3.8, 4) is 0 Å². The summed E-state index contributed by atoms with van der Waals surface area (Å²) in [6.45, 7) is 3.75. The predicted octanol–water partition coefficient (Wildman–Crippen LogP) is 3.97. The number of thiocarbonyl (C=S) groups is 1. The molecule has 126 valence electrons. The fourth-order valence-electron chi connectivity index (χ4n) is 2.29. The van der Waals surface area contributed by atoms with Gasteiger partial charge in [0.05, 0.1) is 18.7 Å². The second-order valence-electron chi connectivity index (χ2n) is 5.34. The van der Waals surface area contributed by atoms with Crippen molar-refractivity contribution in [3.63, 3.8) is 0 Å². The van der Waals surface area contributed by atoms with E-state index in [0.717, 1.165) is 16.8 Å². The SMILES string of the molecule is COC(=O)c1cccc(NC(=S)N[C@H](C)c2ccc(F)cc2)c1C. The third kappa shape index (κ3) is 4.29. The summed E-state index contributed by atoms with van der Waals surface area (Å²) in [4.78, 5) is 11.7. The maximum absolute atomic E-state index is 13.0. The molecule has 0 bridgehead atoms. The number of hydrogen-bond acceptors (Lipinski definition) is 3. The molecule has 0 radical (unpaired) electrons. The van der Waals surface area contributed by atoms with E-state index in [1.54, 1.807) is 24.3 Å². The fraction of sp³-hybridized carbons (Fsp3) is 0.222. The molecule has 6 heteroatoms. The first kappa shape index (κ1) is 17.9. The first-order chi connectivity index (χ1) is 11.4. The molecule has 2 aromatic carbocycles. The number of anilines is 1. The Balaban J connectivity index is 2.07. The Hall–Kier alpha value is -2.47. The molecule has 2 aromatic rings. The highest BCUT2D eigenvalue weighted by molar-refractivity contribution is 7.80. The Morgan fingerprint density at radius 3 is 2.50 bits per heavy atom. The van der Waals surface area contributed by atoms with Crippen LogP contribution < -0.4 is 10.6 Å². The van der Waals surface area contributed by atoms with Crippen LogP contribution in [0.1, 0.15) is 34.5 Å². The van der Waals surface area contributed by atoms with Gasteiger partial charge in [-0.2, -0.15) is 0 Å². The number of halogens is 1. The molecule has 0 aliphatic carbocycles. The van der Waals surface area contributed by atoms with Crippen LogP contribution in [0.3, 0.4) is 0 Å². The smallest absolute Gasteiger partial charge is 0.338 e. The molecule has 0 saturated carbocycles. The van der Waals surface area contributed by atoms with Crippen LogP contribution in [0.5, 0.6) is 0 Å². The van der Waals surface area contributed by atoms with Crippen LogP contribution >= 0.6 is 12.2 Å². The predicted molar refractivity (Wildman–Crippen MR) is 96.7 cm³/mol. The van der Waals surface area contributed by atoms with Crippen molar-refractivity contribution in [2.75, 3.05) is 12.4 Å².